The highest BCUT2D eigenvalue weighted by Gasteiger charge is 2.13. The van der Waals surface area contributed by atoms with Crippen LogP contribution in [0.5, 0.6) is 0 Å². The molecule has 0 saturated heterocycles. The summed E-state index contributed by atoms with van der Waals surface area (Å²) in [6, 6.07) is 7.52. The Morgan fingerprint density at radius 2 is 2.07 bits per heavy atom. The van der Waals surface area contributed by atoms with Gasteiger partial charge >= 0.3 is 0 Å². The summed E-state index contributed by atoms with van der Waals surface area (Å²) >= 11 is 14.5. The maximum atomic E-state index is 5.60. The molecule has 0 aliphatic heterocycles. The molecule has 0 fully saturated rings. The molecular formula is C9H5BrCl2N2O. The Labute approximate surface area is 105 Å². The van der Waals surface area contributed by atoms with E-state index in [0.717, 1.165) is 10.0 Å². The van der Waals surface area contributed by atoms with Gasteiger partial charge in [0.25, 0.3) is 0 Å². The summed E-state index contributed by atoms with van der Waals surface area (Å²) in [6.07, 6.45) is 0. The summed E-state index contributed by atoms with van der Waals surface area (Å²) in [7, 11) is 0. The van der Waals surface area contributed by atoms with Gasteiger partial charge in [0.2, 0.25) is 11.8 Å². The van der Waals surface area contributed by atoms with Gasteiger partial charge in [-0.3, -0.25) is 0 Å². The number of aromatic nitrogens is 2. The number of hydrogen-bond acceptors (Lipinski definition) is 3. The Morgan fingerprint density at radius 3 is 2.67 bits per heavy atom. The van der Waals surface area contributed by atoms with Crippen molar-refractivity contribution >= 4 is 39.1 Å². The van der Waals surface area contributed by atoms with E-state index in [-0.39, 0.29) is 5.89 Å². The Morgan fingerprint density at radius 1 is 1.27 bits per heavy atom. The Kier molecular flexibility index (Phi) is 3.29. The highest BCUT2D eigenvalue weighted by atomic mass is 79.9. The molecule has 1 aromatic carbocycles. The number of halogens is 3. The lowest BCUT2D eigenvalue weighted by atomic mass is 10.2. The van der Waals surface area contributed by atoms with Gasteiger partial charge in [0.1, 0.15) is 0 Å². The molecule has 1 heterocycles. The largest absolute Gasteiger partial charge is 0.418 e. The predicted molar refractivity (Wildman–Crippen MR) is 61.9 cm³/mol. The number of alkyl halides is 2. The van der Waals surface area contributed by atoms with Crippen LogP contribution < -0.4 is 0 Å². The van der Waals surface area contributed by atoms with Crippen molar-refractivity contribution in [3.05, 3.63) is 34.6 Å². The van der Waals surface area contributed by atoms with Crippen LogP contribution in [0.15, 0.2) is 33.2 Å². The van der Waals surface area contributed by atoms with Gasteiger partial charge in [0.15, 0.2) is 4.84 Å². The number of hydrogen-bond donors (Lipinski definition) is 0. The second kappa shape index (κ2) is 4.51. The van der Waals surface area contributed by atoms with Crippen molar-refractivity contribution in [1.82, 2.24) is 10.2 Å². The summed E-state index contributed by atoms with van der Waals surface area (Å²) in [4.78, 5) is -0.793. The van der Waals surface area contributed by atoms with Crippen molar-refractivity contribution in [2.45, 2.75) is 4.84 Å². The van der Waals surface area contributed by atoms with E-state index < -0.39 is 4.84 Å². The SMILES string of the molecule is ClC(Cl)c1nnc(-c2cccc(Br)c2)o1. The highest BCUT2D eigenvalue weighted by Crippen LogP contribution is 2.27. The lowest BCUT2D eigenvalue weighted by Crippen LogP contribution is -1.79. The first kappa shape index (κ1) is 10.9. The van der Waals surface area contributed by atoms with Gasteiger partial charge < -0.3 is 4.42 Å². The zero-order chi connectivity index (χ0) is 10.8. The van der Waals surface area contributed by atoms with E-state index >= 15 is 0 Å². The van der Waals surface area contributed by atoms with Crippen LogP contribution in [0.2, 0.25) is 0 Å². The first-order valence-electron chi connectivity index (χ1n) is 4.04. The molecule has 3 nitrogen and oxygen atoms in total. The lowest BCUT2D eigenvalue weighted by Gasteiger charge is -1.95. The molecule has 0 radical (unpaired) electrons. The molecule has 2 rings (SSSR count). The number of benzene rings is 1. The first-order chi connectivity index (χ1) is 7.16. The molecule has 6 heteroatoms. The third-order valence-electron chi connectivity index (χ3n) is 1.70. The minimum atomic E-state index is -0.793. The molecule has 0 bridgehead atoms. The van der Waals surface area contributed by atoms with E-state index in [1.807, 2.05) is 24.3 Å². The Balaban J connectivity index is 2.37. The standard InChI is InChI=1S/C9H5BrCl2N2O/c10-6-3-1-2-5(4-6)8-13-14-9(15-8)7(11)12/h1-4,7H. The minimum absolute atomic E-state index is 0.202. The number of rotatable bonds is 2. The minimum Gasteiger partial charge on any atom is -0.418 e. The van der Waals surface area contributed by atoms with Crippen molar-refractivity contribution in [3.8, 4) is 11.5 Å². The van der Waals surface area contributed by atoms with Gasteiger partial charge in [-0.2, -0.15) is 0 Å². The summed E-state index contributed by atoms with van der Waals surface area (Å²) in [5.41, 5.74) is 0.817. The summed E-state index contributed by atoms with van der Waals surface area (Å²) in [6.45, 7) is 0. The molecular weight excluding hydrogens is 303 g/mol. The van der Waals surface area contributed by atoms with E-state index in [1.165, 1.54) is 0 Å². The molecule has 0 aliphatic rings. The second-order valence-electron chi connectivity index (χ2n) is 2.76. The van der Waals surface area contributed by atoms with E-state index in [0.29, 0.717) is 5.89 Å². The van der Waals surface area contributed by atoms with Crippen LogP contribution in [0.4, 0.5) is 0 Å². The third-order valence-corrected chi connectivity index (χ3v) is 2.57. The normalized spacial score (nSPS) is 10.9. The van der Waals surface area contributed by atoms with E-state index in [1.54, 1.807) is 0 Å². The molecule has 0 amide bonds. The van der Waals surface area contributed by atoms with Crippen LogP contribution >= 0.6 is 39.1 Å². The zero-order valence-corrected chi connectivity index (χ0v) is 10.4. The average Bonchev–Trinajstić information content (AvgIpc) is 2.66. The molecule has 78 valence electrons. The van der Waals surface area contributed by atoms with Crippen LogP contribution in [0.3, 0.4) is 0 Å². The van der Waals surface area contributed by atoms with E-state index in [4.69, 9.17) is 27.6 Å². The van der Waals surface area contributed by atoms with Crippen molar-refractivity contribution in [1.29, 1.82) is 0 Å². The average molecular weight is 308 g/mol. The molecule has 0 N–H and O–H groups in total. The molecule has 0 saturated carbocycles. The Hall–Kier alpha value is -0.580. The van der Waals surface area contributed by atoms with E-state index in [9.17, 15) is 0 Å². The predicted octanol–water partition coefficient (Wildman–Crippen LogP) is 3.98. The first-order valence-corrected chi connectivity index (χ1v) is 5.71. The lowest BCUT2D eigenvalue weighted by molar-refractivity contribution is 0.523. The van der Waals surface area contributed by atoms with Crippen molar-refractivity contribution in [2.75, 3.05) is 0 Å². The quantitative estimate of drug-likeness (QED) is 0.788. The second-order valence-corrected chi connectivity index (χ2v) is 4.77. The smallest absolute Gasteiger partial charge is 0.249 e. The van der Waals surface area contributed by atoms with Crippen LogP contribution in [0.25, 0.3) is 11.5 Å². The summed E-state index contributed by atoms with van der Waals surface area (Å²) in [5, 5.41) is 7.57. The summed E-state index contributed by atoms with van der Waals surface area (Å²) < 4.78 is 6.22. The Bertz CT molecular complexity index is 473. The summed E-state index contributed by atoms with van der Waals surface area (Å²) in [5.74, 6) is 0.603. The van der Waals surface area contributed by atoms with Gasteiger partial charge in [-0.15, -0.1) is 10.2 Å². The van der Waals surface area contributed by atoms with Crippen LogP contribution in [-0.4, -0.2) is 10.2 Å². The fraction of sp³-hybridized carbons (Fsp3) is 0.111. The molecule has 0 unspecified atom stereocenters. The maximum Gasteiger partial charge on any atom is 0.249 e. The molecule has 0 spiro atoms. The fourth-order valence-electron chi connectivity index (χ4n) is 1.06. The van der Waals surface area contributed by atoms with Gasteiger partial charge in [0.05, 0.1) is 0 Å². The third kappa shape index (κ3) is 2.51. The maximum absolute atomic E-state index is 5.60. The van der Waals surface area contributed by atoms with Crippen molar-refractivity contribution < 1.29 is 4.42 Å². The van der Waals surface area contributed by atoms with Crippen molar-refractivity contribution in [2.24, 2.45) is 0 Å². The zero-order valence-electron chi connectivity index (χ0n) is 7.32. The van der Waals surface area contributed by atoms with Gasteiger partial charge in [-0.1, -0.05) is 45.2 Å². The van der Waals surface area contributed by atoms with E-state index in [2.05, 4.69) is 26.1 Å². The van der Waals surface area contributed by atoms with Gasteiger partial charge in [-0.05, 0) is 18.2 Å². The van der Waals surface area contributed by atoms with Gasteiger partial charge in [-0.25, -0.2) is 0 Å². The number of nitrogens with zero attached hydrogens (tertiary/aromatic N) is 2. The van der Waals surface area contributed by atoms with Crippen LogP contribution in [0, 0.1) is 0 Å². The monoisotopic (exact) mass is 306 g/mol. The van der Waals surface area contributed by atoms with Gasteiger partial charge in [0, 0.05) is 10.0 Å². The van der Waals surface area contributed by atoms with Crippen molar-refractivity contribution in [3.63, 3.8) is 0 Å². The molecule has 2 aromatic rings. The highest BCUT2D eigenvalue weighted by molar-refractivity contribution is 9.10. The fourth-order valence-corrected chi connectivity index (χ4v) is 1.64. The molecule has 1 aromatic heterocycles. The molecule has 0 aliphatic carbocycles. The van der Waals surface area contributed by atoms with Crippen LogP contribution in [0.1, 0.15) is 10.7 Å². The molecule has 15 heavy (non-hydrogen) atoms. The topological polar surface area (TPSA) is 38.9 Å². The molecule has 0 atom stereocenters. The van der Waals surface area contributed by atoms with Crippen LogP contribution in [-0.2, 0) is 0 Å².